The van der Waals surface area contributed by atoms with Crippen molar-refractivity contribution in [3.8, 4) is 0 Å². The van der Waals surface area contributed by atoms with Crippen molar-refractivity contribution < 1.29 is 14.1 Å². The number of anilines is 1. The zero-order valence-corrected chi connectivity index (χ0v) is 13.9. The third-order valence-electron chi connectivity index (χ3n) is 3.85. The van der Waals surface area contributed by atoms with Gasteiger partial charge in [0, 0.05) is 18.7 Å². The fourth-order valence-electron chi connectivity index (χ4n) is 2.81. The zero-order chi connectivity index (χ0) is 16.7. The van der Waals surface area contributed by atoms with E-state index in [-0.39, 0.29) is 30.4 Å². The van der Waals surface area contributed by atoms with Gasteiger partial charge in [-0.25, -0.2) is 4.79 Å². The number of urea groups is 1. The molecule has 2 N–H and O–H groups in total. The van der Waals surface area contributed by atoms with Crippen LogP contribution in [0, 0.1) is 5.92 Å². The van der Waals surface area contributed by atoms with Gasteiger partial charge in [-0.2, -0.15) is 0 Å². The molecular formula is C16H26N4O3. The van der Waals surface area contributed by atoms with E-state index in [2.05, 4.69) is 20.3 Å². The van der Waals surface area contributed by atoms with Crippen LogP contribution in [0.15, 0.2) is 16.9 Å². The van der Waals surface area contributed by atoms with Gasteiger partial charge in [0.1, 0.15) is 12.8 Å². The summed E-state index contributed by atoms with van der Waals surface area (Å²) in [6.07, 6.45) is 6.97. The SMILES string of the molecule is CC(C)CN(CC(=O)Nc1ccon1)C(=O)NC1CCCCC1. The number of hydrogen-bond donors (Lipinski definition) is 2. The monoisotopic (exact) mass is 322 g/mol. The maximum absolute atomic E-state index is 12.5. The molecule has 1 saturated carbocycles. The van der Waals surface area contributed by atoms with Crippen molar-refractivity contribution in [2.45, 2.75) is 52.0 Å². The van der Waals surface area contributed by atoms with E-state index in [1.54, 1.807) is 11.0 Å². The highest BCUT2D eigenvalue weighted by Crippen LogP contribution is 2.17. The largest absolute Gasteiger partial charge is 0.363 e. The molecule has 1 fully saturated rings. The highest BCUT2D eigenvalue weighted by atomic mass is 16.5. The van der Waals surface area contributed by atoms with Crippen LogP contribution in [0.4, 0.5) is 10.6 Å². The third kappa shape index (κ3) is 5.92. The second-order valence-electron chi connectivity index (χ2n) is 6.49. The van der Waals surface area contributed by atoms with Crippen LogP contribution in [-0.4, -0.2) is 41.1 Å². The van der Waals surface area contributed by atoms with E-state index in [1.807, 2.05) is 13.8 Å². The predicted molar refractivity (Wildman–Crippen MR) is 86.9 cm³/mol. The summed E-state index contributed by atoms with van der Waals surface area (Å²) in [5.74, 6) is 0.359. The number of carbonyl (C=O) groups is 2. The van der Waals surface area contributed by atoms with Crippen molar-refractivity contribution in [1.29, 1.82) is 0 Å². The molecule has 7 nitrogen and oxygen atoms in total. The second kappa shape index (κ2) is 8.55. The minimum absolute atomic E-state index is 0.00356. The highest BCUT2D eigenvalue weighted by molar-refractivity contribution is 5.93. The van der Waals surface area contributed by atoms with E-state index in [0.717, 1.165) is 25.7 Å². The van der Waals surface area contributed by atoms with E-state index in [1.165, 1.54) is 12.7 Å². The van der Waals surface area contributed by atoms with Crippen LogP contribution in [0.5, 0.6) is 0 Å². The Morgan fingerprint density at radius 2 is 2.09 bits per heavy atom. The lowest BCUT2D eigenvalue weighted by Crippen LogP contribution is -2.49. The van der Waals surface area contributed by atoms with Crippen LogP contribution in [-0.2, 0) is 4.79 Å². The van der Waals surface area contributed by atoms with Crippen molar-refractivity contribution in [3.63, 3.8) is 0 Å². The van der Waals surface area contributed by atoms with E-state index >= 15 is 0 Å². The van der Waals surface area contributed by atoms with Gasteiger partial charge in [0.05, 0.1) is 0 Å². The lowest BCUT2D eigenvalue weighted by molar-refractivity contribution is -0.116. The molecule has 0 atom stereocenters. The summed E-state index contributed by atoms with van der Waals surface area (Å²) in [6, 6.07) is 1.62. The van der Waals surface area contributed by atoms with Crippen LogP contribution < -0.4 is 10.6 Å². The van der Waals surface area contributed by atoms with Gasteiger partial charge in [-0.1, -0.05) is 38.3 Å². The number of nitrogens with one attached hydrogen (secondary N) is 2. The molecule has 1 aliphatic carbocycles. The molecule has 0 aliphatic heterocycles. The minimum atomic E-state index is -0.279. The summed E-state index contributed by atoms with van der Waals surface area (Å²) in [5, 5.41) is 9.32. The van der Waals surface area contributed by atoms with Gasteiger partial charge in [0.25, 0.3) is 0 Å². The lowest BCUT2D eigenvalue weighted by Gasteiger charge is -2.29. The Morgan fingerprint density at radius 1 is 1.35 bits per heavy atom. The first-order valence-electron chi connectivity index (χ1n) is 8.30. The molecule has 0 radical (unpaired) electrons. The summed E-state index contributed by atoms with van der Waals surface area (Å²) in [5.41, 5.74) is 0. The molecule has 0 spiro atoms. The Labute approximate surface area is 136 Å². The normalized spacial score (nSPS) is 15.4. The number of rotatable bonds is 6. The molecule has 1 heterocycles. The van der Waals surface area contributed by atoms with E-state index in [4.69, 9.17) is 0 Å². The topological polar surface area (TPSA) is 87.5 Å². The maximum atomic E-state index is 12.5. The van der Waals surface area contributed by atoms with Crippen LogP contribution in [0.3, 0.4) is 0 Å². The molecule has 23 heavy (non-hydrogen) atoms. The summed E-state index contributed by atoms with van der Waals surface area (Å²) in [4.78, 5) is 26.1. The molecule has 7 heteroatoms. The Kier molecular flexibility index (Phi) is 6.43. The van der Waals surface area contributed by atoms with E-state index < -0.39 is 0 Å². The van der Waals surface area contributed by atoms with Crippen LogP contribution in [0.2, 0.25) is 0 Å². The summed E-state index contributed by atoms with van der Waals surface area (Å²) in [7, 11) is 0. The van der Waals surface area contributed by atoms with E-state index in [9.17, 15) is 9.59 Å². The molecule has 1 aromatic rings. The average molecular weight is 322 g/mol. The Balaban J connectivity index is 1.89. The first kappa shape index (κ1) is 17.3. The Hall–Kier alpha value is -2.05. The van der Waals surface area contributed by atoms with Gasteiger partial charge < -0.3 is 20.1 Å². The number of amides is 3. The van der Waals surface area contributed by atoms with Crippen molar-refractivity contribution in [3.05, 3.63) is 12.3 Å². The highest BCUT2D eigenvalue weighted by Gasteiger charge is 2.22. The molecule has 3 amide bonds. The number of nitrogens with zero attached hydrogens (tertiary/aromatic N) is 2. The first-order valence-corrected chi connectivity index (χ1v) is 8.30. The molecule has 0 saturated heterocycles. The second-order valence-corrected chi connectivity index (χ2v) is 6.49. The summed E-state index contributed by atoms with van der Waals surface area (Å²) >= 11 is 0. The van der Waals surface area contributed by atoms with Crippen LogP contribution in [0.25, 0.3) is 0 Å². The average Bonchev–Trinajstić information content (AvgIpc) is 3.00. The van der Waals surface area contributed by atoms with Crippen LogP contribution >= 0.6 is 0 Å². The molecule has 2 rings (SSSR count). The molecule has 0 unspecified atom stereocenters. The predicted octanol–water partition coefficient (Wildman–Crippen LogP) is 2.61. The van der Waals surface area contributed by atoms with Crippen molar-refractivity contribution >= 4 is 17.8 Å². The number of hydrogen-bond acceptors (Lipinski definition) is 4. The smallest absolute Gasteiger partial charge is 0.318 e. The van der Waals surface area contributed by atoms with Crippen molar-refractivity contribution in [1.82, 2.24) is 15.4 Å². The lowest BCUT2D eigenvalue weighted by atomic mass is 9.96. The molecule has 1 aliphatic rings. The molecule has 128 valence electrons. The zero-order valence-electron chi connectivity index (χ0n) is 13.9. The fraction of sp³-hybridized carbons (Fsp3) is 0.688. The first-order chi connectivity index (χ1) is 11.0. The number of carbonyl (C=O) groups excluding carboxylic acids is 2. The van der Waals surface area contributed by atoms with Crippen molar-refractivity contribution in [2.24, 2.45) is 5.92 Å². The van der Waals surface area contributed by atoms with Gasteiger partial charge in [0.2, 0.25) is 5.91 Å². The molecule has 0 aromatic carbocycles. The quantitative estimate of drug-likeness (QED) is 0.843. The Morgan fingerprint density at radius 3 is 2.70 bits per heavy atom. The molecule has 1 aromatic heterocycles. The van der Waals surface area contributed by atoms with Gasteiger partial charge in [0.15, 0.2) is 5.82 Å². The third-order valence-corrected chi connectivity index (χ3v) is 3.85. The number of aromatic nitrogens is 1. The van der Waals surface area contributed by atoms with Gasteiger partial charge in [-0.15, -0.1) is 0 Å². The van der Waals surface area contributed by atoms with Crippen LogP contribution in [0.1, 0.15) is 46.0 Å². The van der Waals surface area contributed by atoms with Gasteiger partial charge in [-0.05, 0) is 18.8 Å². The minimum Gasteiger partial charge on any atom is -0.363 e. The van der Waals surface area contributed by atoms with Crippen molar-refractivity contribution in [2.75, 3.05) is 18.4 Å². The van der Waals surface area contributed by atoms with E-state index in [0.29, 0.717) is 12.4 Å². The summed E-state index contributed by atoms with van der Waals surface area (Å²) in [6.45, 7) is 4.58. The fourth-order valence-corrected chi connectivity index (χ4v) is 2.81. The molecular weight excluding hydrogens is 296 g/mol. The molecule has 0 bridgehead atoms. The standard InChI is InChI=1S/C16H26N4O3/c1-12(2)10-20(11-15(21)18-14-8-9-23-19-14)16(22)17-13-6-4-3-5-7-13/h8-9,12-13H,3-7,10-11H2,1-2H3,(H,17,22)(H,18,19,21). The maximum Gasteiger partial charge on any atom is 0.318 e. The Bertz CT molecular complexity index is 495. The van der Waals surface area contributed by atoms with Gasteiger partial charge >= 0.3 is 6.03 Å². The van der Waals surface area contributed by atoms with Gasteiger partial charge in [-0.3, -0.25) is 4.79 Å². The summed E-state index contributed by atoms with van der Waals surface area (Å²) < 4.78 is 4.68.